The van der Waals surface area contributed by atoms with Gasteiger partial charge in [0.05, 0.1) is 31.3 Å². The Hall–Kier alpha value is -3.22. The zero-order chi connectivity index (χ0) is 23.6. The van der Waals surface area contributed by atoms with E-state index in [0.717, 1.165) is 61.3 Å². The first-order valence-electron chi connectivity index (χ1n) is 12.6. The van der Waals surface area contributed by atoms with E-state index in [1.165, 1.54) is 18.5 Å². The van der Waals surface area contributed by atoms with Crippen molar-refractivity contribution < 1.29 is 8.83 Å². The van der Waals surface area contributed by atoms with Crippen LogP contribution in [0.3, 0.4) is 0 Å². The molecule has 3 aliphatic heterocycles. The molecular weight excluding hydrogens is 436 g/mol. The molecule has 0 aliphatic carbocycles. The minimum atomic E-state index is 0.466. The lowest BCUT2D eigenvalue weighted by Gasteiger charge is -2.50. The molecule has 6 nitrogen and oxygen atoms in total. The molecule has 1 unspecified atom stereocenters. The van der Waals surface area contributed by atoms with Crippen molar-refractivity contribution in [2.75, 3.05) is 19.6 Å². The smallest absolute Gasteiger partial charge is 0.126 e. The molecule has 7 rings (SSSR count). The van der Waals surface area contributed by atoms with Gasteiger partial charge in [-0.2, -0.15) is 0 Å². The lowest BCUT2D eigenvalue weighted by atomic mass is 9.74. The van der Waals surface area contributed by atoms with Crippen LogP contribution in [-0.2, 0) is 13.1 Å². The zero-order valence-electron chi connectivity index (χ0n) is 20.2. The van der Waals surface area contributed by atoms with Gasteiger partial charge >= 0.3 is 0 Å². The van der Waals surface area contributed by atoms with Crippen molar-refractivity contribution >= 4 is 0 Å². The van der Waals surface area contributed by atoms with Crippen LogP contribution >= 0.6 is 0 Å². The average Bonchev–Trinajstić information content (AvgIpc) is 3.59. The minimum absolute atomic E-state index is 0.466. The molecule has 3 aromatic heterocycles. The molecule has 6 heteroatoms. The summed E-state index contributed by atoms with van der Waals surface area (Å²) in [4.78, 5) is 14.8. The maximum absolute atomic E-state index is 5.67. The summed E-state index contributed by atoms with van der Waals surface area (Å²) in [7, 11) is 0. The molecule has 3 saturated heterocycles. The molecule has 4 atom stereocenters. The molecular formula is C29H32N4O2. The summed E-state index contributed by atoms with van der Waals surface area (Å²) >= 11 is 0. The van der Waals surface area contributed by atoms with Crippen LogP contribution in [0.25, 0.3) is 11.3 Å². The van der Waals surface area contributed by atoms with Gasteiger partial charge < -0.3 is 8.83 Å². The molecule has 2 bridgehead atoms. The van der Waals surface area contributed by atoms with Crippen LogP contribution in [0.5, 0.6) is 0 Å². The number of rotatable bonds is 8. The molecule has 0 N–H and O–H groups in total. The first-order chi connectivity index (χ1) is 17.2. The van der Waals surface area contributed by atoms with Crippen molar-refractivity contribution in [1.82, 2.24) is 19.8 Å². The lowest BCUT2D eigenvalue weighted by molar-refractivity contribution is 0.00651. The largest absolute Gasteiger partial charge is 0.468 e. The number of nitrogens with zero attached hydrogens (tertiary/aromatic N) is 4. The first-order valence-corrected chi connectivity index (χ1v) is 12.6. The van der Waals surface area contributed by atoms with Crippen LogP contribution in [0, 0.1) is 12.8 Å². The van der Waals surface area contributed by atoms with Crippen LogP contribution in [0.15, 0.2) is 82.0 Å². The number of hydrogen-bond acceptors (Lipinski definition) is 6. The summed E-state index contributed by atoms with van der Waals surface area (Å²) in [5.74, 6) is 3.97. The van der Waals surface area contributed by atoms with Crippen LogP contribution < -0.4 is 0 Å². The van der Waals surface area contributed by atoms with Gasteiger partial charge in [-0.3, -0.25) is 9.80 Å². The standard InChI is InChI=1S/C29H32N4O2/c1-21-30-28(22-7-3-2-4-8-22)16-29(31-21)27-20-33-12-11-23(27)15-24(33)17-32(18-25-9-5-13-34-25)19-26-10-6-14-35-26/h2-10,13-14,16,23-24,27H,11-12,15,17-20H2,1H3/t23-,24+,27-/m0/s1. The van der Waals surface area contributed by atoms with Gasteiger partial charge in [-0.1, -0.05) is 30.3 Å². The lowest BCUT2D eigenvalue weighted by Crippen LogP contribution is -2.56. The highest BCUT2D eigenvalue weighted by molar-refractivity contribution is 5.59. The number of aryl methyl sites for hydroxylation is 1. The maximum atomic E-state index is 5.67. The third-order valence-electron chi connectivity index (χ3n) is 7.57. The van der Waals surface area contributed by atoms with E-state index >= 15 is 0 Å². The summed E-state index contributed by atoms with van der Waals surface area (Å²) in [6.45, 7) is 6.82. The quantitative estimate of drug-likeness (QED) is 0.339. The van der Waals surface area contributed by atoms with Gasteiger partial charge in [0, 0.05) is 36.3 Å². The SMILES string of the molecule is Cc1nc(-c2ccccc2)cc([C@H]2CN3CC[C@H]2C[C@@H]3CN(Cc2ccco2)Cc2ccco2)n1. The minimum Gasteiger partial charge on any atom is -0.468 e. The summed E-state index contributed by atoms with van der Waals surface area (Å²) in [6, 6.07) is 21.2. The second kappa shape index (κ2) is 9.80. The fraction of sp³-hybridized carbons (Fsp3) is 0.379. The normalized spacial score (nSPS) is 23.7. The first kappa shape index (κ1) is 22.3. The van der Waals surface area contributed by atoms with E-state index in [9.17, 15) is 0 Å². The molecule has 0 saturated carbocycles. The van der Waals surface area contributed by atoms with E-state index in [2.05, 4.69) is 52.3 Å². The van der Waals surface area contributed by atoms with Gasteiger partial charge in [0.25, 0.3) is 0 Å². The molecule has 0 radical (unpaired) electrons. The topological polar surface area (TPSA) is 58.5 Å². The number of furan rings is 2. The van der Waals surface area contributed by atoms with Crippen molar-refractivity contribution in [1.29, 1.82) is 0 Å². The Morgan fingerprint density at radius 1 is 0.943 bits per heavy atom. The van der Waals surface area contributed by atoms with Crippen LogP contribution in [-0.4, -0.2) is 45.4 Å². The fourth-order valence-electron chi connectivity index (χ4n) is 5.93. The van der Waals surface area contributed by atoms with Crippen LogP contribution in [0.2, 0.25) is 0 Å². The Balaban J connectivity index is 1.19. The van der Waals surface area contributed by atoms with Crippen LogP contribution in [0.4, 0.5) is 0 Å². The molecule has 4 aromatic rings. The van der Waals surface area contributed by atoms with Gasteiger partial charge in [-0.05, 0) is 62.6 Å². The third-order valence-corrected chi connectivity index (χ3v) is 7.57. The van der Waals surface area contributed by atoms with Gasteiger partial charge in [-0.25, -0.2) is 9.97 Å². The summed E-state index contributed by atoms with van der Waals surface area (Å²) < 4.78 is 11.3. The van der Waals surface area contributed by atoms with Crippen molar-refractivity contribution in [2.24, 2.45) is 5.92 Å². The Kier molecular flexibility index (Phi) is 6.23. The van der Waals surface area contributed by atoms with Crippen molar-refractivity contribution in [3.05, 3.63) is 96.2 Å². The number of hydrogen-bond donors (Lipinski definition) is 0. The summed E-state index contributed by atoms with van der Waals surface area (Å²) in [5, 5.41) is 0. The van der Waals surface area contributed by atoms with E-state index in [1.807, 2.05) is 25.1 Å². The Morgan fingerprint density at radius 2 is 1.69 bits per heavy atom. The number of aromatic nitrogens is 2. The molecule has 35 heavy (non-hydrogen) atoms. The second-order valence-corrected chi connectivity index (χ2v) is 9.96. The molecule has 0 amide bonds. The van der Waals surface area contributed by atoms with E-state index in [-0.39, 0.29) is 0 Å². The Labute approximate surface area is 206 Å². The fourth-order valence-corrected chi connectivity index (χ4v) is 5.93. The van der Waals surface area contributed by atoms with Gasteiger partial charge in [0.1, 0.15) is 17.3 Å². The van der Waals surface area contributed by atoms with Crippen molar-refractivity contribution in [3.8, 4) is 11.3 Å². The Bertz CT molecular complexity index is 1190. The zero-order valence-corrected chi connectivity index (χ0v) is 20.2. The third kappa shape index (κ3) is 4.95. The number of benzene rings is 1. The van der Waals surface area contributed by atoms with E-state index in [1.54, 1.807) is 12.5 Å². The molecule has 3 fully saturated rings. The molecule has 1 aromatic carbocycles. The average molecular weight is 469 g/mol. The van der Waals surface area contributed by atoms with E-state index in [4.69, 9.17) is 18.8 Å². The highest BCUT2D eigenvalue weighted by Gasteiger charge is 2.42. The maximum Gasteiger partial charge on any atom is 0.126 e. The van der Waals surface area contributed by atoms with E-state index in [0.29, 0.717) is 17.9 Å². The molecule has 180 valence electrons. The number of piperidine rings is 3. The Morgan fingerprint density at radius 3 is 2.31 bits per heavy atom. The highest BCUT2D eigenvalue weighted by atomic mass is 16.3. The van der Waals surface area contributed by atoms with E-state index < -0.39 is 0 Å². The van der Waals surface area contributed by atoms with Gasteiger partial charge in [0.2, 0.25) is 0 Å². The second-order valence-electron chi connectivity index (χ2n) is 9.96. The van der Waals surface area contributed by atoms with Gasteiger partial charge in [-0.15, -0.1) is 0 Å². The monoisotopic (exact) mass is 468 g/mol. The molecule has 0 spiro atoms. The van der Waals surface area contributed by atoms with Crippen molar-refractivity contribution in [3.63, 3.8) is 0 Å². The number of fused-ring (bicyclic) bond motifs is 3. The molecule has 6 heterocycles. The van der Waals surface area contributed by atoms with Crippen molar-refractivity contribution in [2.45, 2.75) is 44.8 Å². The van der Waals surface area contributed by atoms with Crippen LogP contribution in [0.1, 0.15) is 41.8 Å². The highest BCUT2D eigenvalue weighted by Crippen LogP contribution is 2.42. The van der Waals surface area contributed by atoms with Gasteiger partial charge in [0.15, 0.2) is 0 Å². The predicted octanol–water partition coefficient (Wildman–Crippen LogP) is 5.52. The summed E-state index contributed by atoms with van der Waals surface area (Å²) in [6.07, 6.45) is 5.94. The summed E-state index contributed by atoms with van der Waals surface area (Å²) in [5.41, 5.74) is 3.39. The predicted molar refractivity (Wildman–Crippen MR) is 135 cm³/mol. The molecule has 3 aliphatic rings.